The zero-order valence-electron chi connectivity index (χ0n) is 30.1. The van der Waals surface area contributed by atoms with E-state index in [-0.39, 0.29) is 77.1 Å². The molecule has 8 heterocycles. The lowest BCUT2D eigenvalue weighted by Gasteiger charge is -2.42. The Hall–Kier alpha value is -4.53. The SMILES string of the molecule is N#Cc1c(N)sc2ccc(F)c(-c3c4c(c5c(N6C7CCC6CN(Cc6cnn(CCO)c6)C7)nc(OC[C@@]67CCCN6C[C@H](F)C7)nc5c3F)COC4)c12. The molecule has 4 atom stereocenters. The Bertz CT molecular complexity index is 2390. The first-order chi connectivity index (χ1) is 26.7. The maximum Gasteiger partial charge on any atom is 0.319 e. The number of aromatic nitrogens is 4. The lowest BCUT2D eigenvalue weighted by atomic mass is 9.90. The zero-order valence-corrected chi connectivity index (χ0v) is 30.9. The summed E-state index contributed by atoms with van der Waals surface area (Å²) in [7, 11) is 0. The van der Waals surface area contributed by atoms with Crippen molar-refractivity contribution in [1.82, 2.24) is 29.5 Å². The molecule has 12 nitrogen and oxygen atoms in total. The summed E-state index contributed by atoms with van der Waals surface area (Å²) in [5.41, 5.74) is 8.04. The number of hydrogen-bond acceptors (Lipinski definition) is 12. The predicted octanol–water partition coefficient (Wildman–Crippen LogP) is 5.27. The molecule has 0 radical (unpaired) electrons. The molecule has 3 N–H and O–H groups in total. The third-order valence-electron chi connectivity index (χ3n) is 12.4. The van der Waals surface area contributed by atoms with Gasteiger partial charge in [-0.3, -0.25) is 14.5 Å². The van der Waals surface area contributed by atoms with Crippen molar-refractivity contribution in [2.75, 3.05) is 50.0 Å². The third kappa shape index (κ3) is 5.57. The number of piperazine rings is 1. The molecule has 0 aliphatic carbocycles. The fraction of sp³-hybridized carbons (Fsp3) is 0.487. The van der Waals surface area contributed by atoms with Crippen LogP contribution in [0, 0.1) is 23.0 Å². The summed E-state index contributed by atoms with van der Waals surface area (Å²) in [4.78, 5) is 16.7. The normalized spacial score (nSPS) is 25.0. The van der Waals surface area contributed by atoms with E-state index in [9.17, 15) is 14.8 Å². The van der Waals surface area contributed by atoms with Crippen LogP contribution in [0.3, 0.4) is 0 Å². The number of thiophene rings is 1. The number of nitrogen functional groups attached to an aromatic ring is 1. The van der Waals surface area contributed by atoms with Gasteiger partial charge in [-0.1, -0.05) is 0 Å². The number of fused-ring (bicyclic) bond motifs is 7. The van der Waals surface area contributed by atoms with Gasteiger partial charge in [0.1, 0.15) is 41.0 Å². The molecule has 2 aromatic carbocycles. The summed E-state index contributed by atoms with van der Waals surface area (Å²) in [5.74, 6) is -0.871. The van der Waals surface area contributed by atoms with Gasteiger partial charge in [-0.2, -0.15) is 20.3 Å². The summed E-state index contributed by atoms with van der Waals surface area (Å²) in [5, 5.41) is 24.8. The molecule has 0 amide bonds. The molecule has 286 valence electrons. The second-order valence-corrected chi connectivity index (χ2v) is 16.7. The van der Waals surface area contributed by atoms with Crippen LogP contribution in [0.15, 0.2) is 24.5 Å². The summed E-state index contributed by atoms with van der Waals surface area (Å²) in [6, 6.07) is 5.06. The zero-order chi connectivity index (χ0) is 37.6. The minimum absolute atomic E-state index is 0.000776. The van der Waals surface area contributed by atoms with Crippen molar-refractivity contribution < 1.29 is 27.8 Å². The lowest BCUT2D eigenvalue weighted by Crippen LogP contribution is -2.54. The fourth-order valence-corrected chi connectivity index (χ4v) is 11.1. The number of aliphatic hydroxyl groups is 1. The minimum atomic E-state index is -0.947. The van der Waals surface area contributed by atoms with Gasteiger partial charge >= 0.3 is 6.01 Å². The van der Waals surface area contributed by atoms with E-state index in [1.54, 1.807) is 10.7 Å². The van der Waals surface area contributed by atoms with Gasteiger partial charge in [0.15, 0.2) is 5.82 Å². The Morgan fingerprint density at radius 1 is 1.09 bits per heavy atom. The lowest BCUT2D eigenvalue weighted by molar-refractivity contribution is 0.107. The van der Waals surface area contributed by atoms with E-state index in [2.05, 4.69) is 25.9 Å². The number of rotatable bonds is 9. The molecule has 0 saturated carbocycles. The predicted molar refractivity (Wildman–Crippen MR) is 200 cm³/mol. The van der Waals surface area contributed by atoms with Crippen LogP contribution in [0.2, 0.25) is 0 Å². The number of nitrogens with zero attached hydrogens (tertiary/aromatic N) is 8. The van der Waals surface area contributed by atoms with Gasteiger partial charge in [0.2, 0.25) is 0 Å². The van der Waals surface area contributed by atoms with Gasteiger partial charge in [-0.15, -0.1) is 11.3 Å². The molecular weight excluding hydrogens is 732 g/mol. The first-order valence-electron chi connectivity index (χ1n) is 18.9. The molecule has 4 saturated heterocycles. The number of aliphatic hydroxyl groups excluding tert-OH is 1. The Kier molecular flexibility index (Phi) is 8.45. The average molecular weight is 772 g/mol. The second-order valence-electron chi connectivity index (χ2n) is 15.6. The molecule has 2 bridgehead atoms. The van der Waals surface area contributed by atoms with Crippen LogP contribution in [0.4, 0.5) is 24.0 Å². The van der Waals surface area contributed by atoms with Gasteiger partial charge < -0.3 is 25.2 Å². The Morgan fingerprint density at radius 2 is 1.91 bits per heavy atom. The molecule has 5 aliphatic rings. The molecule has 0 spiro atoms. The van der Waals surface area contributed by atoms with E-state index < -0.39 is 23.3 Å². The first kappa shape index (κ1) is 34.9. The van der Waals surface area contributed by atoms with Crippen LogP contribution in [0.25, 0.3) is 32.1 Å². The number of anilines is 2. The molecule has 16 heteroatoms. The number of halogens is 3. The van der Waals surface area contributed by atoms with Crippen LogP contribution in [0.1, 0.15) is 54.4 Å². The maximum atomic E-state index is 17.7. The highest BCUT2D eigenvalue weighted by Crippen LogP contribution is 2.49. The van der Waals surface area contributed by atoms with Gasteiger partial charge in [-0.25, -0.2) is 13.2 Å². The van der Waals surface area contributed by atoms with E-state index in [1.165, 1.54) is 6.07 Å². The fourth-order valence-electron chi connectivity index (χ4n) is 10.1. The van der Waals surface area contributed by atoms with Crippen LogP contribution < -0.4 is 15.4 Å². The van der Waals surface area contributed by atoms with Crippen molar-refractivity contribution >= 4 is 43.1 Å². The molecule has 2 unspecified atom stereocenters. The molecular formula is C39H40F3N9O3S. The van der Waals surface area contributed by atoms with Crippen LogP contribution in [0.5, 0.6) is 6.01 Å². The van der Waals surface area contributed by atoms with Crippen molar-refractivity contribution in [2.24, 2.45) is 0 Å². The second kappa shape index (κ2) is 13.3. The Labute approximate surface area is 318 Å². The Morgan fingerprint density at radius 3 is 2.71 bits per heavy atom. The number of nitrogens with two attached hydrogens (primary N) is 1. The molecule has 5 aliphatic heterocycles. The van der Waals surface area contributed by atoms with E-state index in [0.717, 1.165) is 62.2 Å². The molecule has 3 aromatic heterocycles. The first-order valence-corrected chi connectivity index (χ1v) is 19.8. The highest BCUT2D eigenvalue weighted by atomic mass is 32.1. The highest BCUT2D eigenvalue weighted by Gasteiger charge is 2.50. The van der Waals surface area contributed by atoms with Gasteiger partial charge in [0.05, 0.1) is 49.1 Å². The number of hydrogen-bond donors (Lipinski definition) is 2. The number of nitriles is 1. The Balaban J connectivity index is 1.11. The highest BCUT2D eigenvalue weighted by molar-refractivity contribution is 7.23. The van der Waals surface area contributed by atoms with Gasteiger partial charge in [0.25, 0.3) is 0 Å². The number of likely N-dealkylation sites (tertiary alicyclic amines) is 1. The van der Waals surface area contributed by atoms with Crippen molar-refractivity contribution in [3.63, 3.8) is 0 Å². The van der Waals surface area contributed by atoms with Crippen molar-refractivity contribution in [3.8, 4) is 23.2 Å². The monoisotopic (exact) mass is 771 g/mol. The van der Waals surface area contributed by atoms with E-state index >= 15 is 8.78 Å². The number of benzene rings is 2. The van der Waals surface area contributed by atoms with Gasteiger partial charge in [0, 0.05) is 77.7 Å². The topological polar surface area (TPSA) is 142 Å². The van der Waals surface area contributed by atoms with Crippen molar-refractivity contribution in [1.29, 1.82) is 5.26 Å². The maximum absolute atomic E-state index is 17.7. The molecule has 55 heavy (non-hydrogen) atoms. The summed E-state index contributed by atoms with van der Waals surface area (Å²) >= 11 is 1.16. The van der Waals surface area contributed by atoms with Crippen LogP contribution in [-0.4, -0.2) is 97.8 Å². The summed E-state index contributed by atoms with van der Waals surface area (Å²) in [6.45, 7) is 4.15. The quantitative estimate of drug-likeness (QED) is 0.203. The molecule has 10 rings (SSSR count). The standard InChI is InChI=1S/C39H40F3N9O3S/c40-22-10-39(6-1-7-49(39)15-22)20-54-38-46-35-32(37(47-38)51-23-2-3-24(51)17-48(16-23)13-21-12-45-50(14-21)8-9-52)27-19-53-18-26(27)31(34(35)42)33-28(41)4-5-29-30(33)25(11-43)36(44)55-29/h4-5,12,14,22-24,52H,1-3,6-10,13,15-20,44H2/t22-,23?,24?,39+/m1/s1. The van der Waals surface area contributed by atoms with Crippen LogP contribution in [-0.2, 0) is 31.0 Å². The van der Waals surface area contributed by atoms with E-state index in [0.29, 0.717) is 53.1 Å². The van der Waals surface area contributed by atoms with Crippen molar-refractivity contribution in [2.45, 2.75) is 82.2 Å². The third-order valence-corrected chi connectivity index (χ3v) is 13.4. The number of alkyl halides is 1. The van der Waals surface area contributed by atoms with Crippen molar-refractivity contribution in [3.05, 3.63) is 58.4 Å². The van der Waals surface area contributed by atoms with E-state index in [1.807, 2.05) is 12.4 Å². The van der Waals surface area contributed by atoms with Gasteiger partial charge in [-0.05, 0) is 55.5 Å². The summed E-state index contributed by atoms with van der Waals surface area (Å²) < 4.78 is 63.3. The molecule has 5 aromatic rings. The minimum Gasteiger partial charge on any atom is -0.461 e. The van der Waals surface area contributed by atoms with Crippen LogP contribution >= 0.6 is 11.3 Å². The smallest absolute Gasteiger partial charge is 0.319 e. The van der Waals surface area contributed by atoms with E-state index in [4.69, 9.17) is 25.2 Å². The molecule has 4 fully saturated rings. The largest absolute Gasteiger partial charge is 0.461 e. The average Bonchev–Trinajstić information content (AvgIpc) is 4.02. The number of ether oxygens (including phenoxy) is 2. The summed E-state index contributed by atoms with van der Waals surface area (Å²) in [6.07, 6.45) is 6.75.